The Morgan fingerprint density at radius 2 is 2.18 bits per heavy atom. The SMILES string of the molecule is CC1CC(C)C(C)N(c2cnccc2CO)C1. The van der Waals surface area contributed by atoms with E-state index < -0.39 is 0 Å². The maximum Gasteiger partial charge on any atom is 0.0703 e. The molecule has 1 aliphatic rings. The number of rotatable bonds is 2. The number of piperidine rings is 1. The molecule has 1 aliphatic heterocycles. The van der Waals surface area contributed by atoms with Crippen molar-refractivity contribution >= 4 is 5.69 Å². The topological polar surface area (TPSA) is 36.4 Å². The zero-order valence-corrected chi connectivity index (χ0v) is 10.9. The summed E-state index contributed by atoms with van der Waals surface area (Å²) in [7, 11) is 0. The molecule has 1 aromatic heterocycles. The highest BCUT2D eigenvalue weighted by molar-refractivity contribution is 5.52. The molecule has 94 valence electrons. The lowest BCUT2D eigenvalue weighted by atomic mass is 9.85. The molecule has 17 heavy (non-hydrogen) atoms. The van der Waals surface area contributed by atoms with Gasteiger partial charge in [-0.15, -0.1) is 0 Å². The van der Waals surface area contributed by atoms with E-state index in [1.54, 1.807) is 6.20 Å². The summed E-state index contributed by atoms with van der Waals surface area (Å²) in [6.45, 7) is 8.02. The second-order valence-corrected chi connectivity index (χ2v) is 5.37. The quantitative estimate of drug-likeness (QED) is 0.854. The van der Waals surface area contributed by atoms with E-state index in [0.717, 1.165) is 17.8 Å². The first-order chi connectivity index (χ1) is 8.13. The van der Waals surface area contributed by atoms with Crippen LogP contribution in [0.3, 0.4) is 0 Å². The van der Waals surface area contributed by atoms with E-state index >= 15 is 0 Å². The van der Waals surface area contributed by atoms with E-state index in [4.69, 9.17) is 0 Å². The van der Waals surface area contributed by atoms with Gasteiger partial charge in [-0.1, -0.05) is 13.8 Å². The summed E-state index contributed by atoms with van der Waals surface area (Å²) in [5.41, 5.74) is 2.08. The molecule has 0 saturated carbocycles. The van der Waals surface area contributed by atoms with Gasteiger partial charge in [0, 0.05) is 24.3 Å². The van der Waals surface area contributed by atoms with Crippen molar-refractivity contribution in [2.75, 3.05) is 11.4 Å². The van der Waals surface area contributed by atoms with Crippen molar-refractivity contribution < 1.29 is 5.11 Å². The molecule has 0 aromatic carbocycles. The Labute approximate surface area is 103 Å². The molecule has 3 heteroatoms. The largest absolute Gasteiger partial charge is 0.392 e. The van der Waals surface area contributed by atoms with Crippen LogP contribution in [0.4, 0.5) is 5.69 Å². The molecular weight excluding hydrogens is 212 g/mol. The molecule has 3 nitrogen and oxygen atoms in total. The minimum Gasteiger partial charge on any atom is -0.392 e. The molecule has 1 saturated heterocycles. The van der Waals surface area contributed by atoms with Gasteiger partial charge >= 0.3 is 0 Å². The molecule has 2 rings (SSSR count). The number of hydrogen-bond acceptors (Lipinski definition) is 3. The van der Waals surface area contributed by atoms with Crippen LogP contribution in [0.15, 0.2) is 18.5 Å². The summed E-state index contributed by atoms with van der Waals surface area (Å²) in [6, 6.07) is 2.42. The minimum atomic E-state index is 0.0871. The van der Waals surface area contributed by atoms with Crippen LogP contribution in [0.1, 0.15) is 32.8 Å². The predicted molar refractivity (Wildman–Crippen MR) is 69.9 cm³/mol. The average molecular weight is 234 g/mol. The van der Waals surface area contributed by atoms with E-state index in [0.29, 0.717) is 17.9 Å². The first-order valence-corrected chi connectivity index (χ1v) is 6.44. The van der Waals surface area contributed by atoms with E-state index in [1.165, 1.54) is 6.42 Å². The van der Waals surface area contributed by atoms with Crippen molar-refractivity contribution in [3.63, 3.8) is 0 Å². The van der Waals surface area contributed by atoms with Crippen LogP contribution in [-0.4, -0.2) is 22.7 Å². The number of nitrogens with zero attached hydrogens (tertiary/aromatic N) is 2. The van der Waals surface area contributed by atoms with Gasteiger partial charge in [-0.05, 0) is 31.2 Å². The van der Waals surface area contributed by atoms with Crippen molar-refractivity contribution in [2.45, 2.75) is 39.8 Å². The molecule has 1 fully saturated rings. The van der Waals surface area contributed by atoms with Gasteiger partial charge in [-0.3, -0.25) is 4.98 Å². The Bertz CT molecular complexity index is 380. The molecule has 1 aromatic rings. The lowest BCUT2D eigenvalue weighted by Gasteiger charge is -2.43. The summed E-state index contributed by atoms with van der Waals surface area (Å²) in [5, 5.41) is 9.41. The van der Waals surface area contributed by atoms with Crippen molar-refractivity contribution in [1.82, 2.24) is 4.98 Å². The standard InChI is InChI=1S/C14H22N2O/c1-10-6-11(2)12(3)16(8-10)14-7-15-5-4-13(14)9-17/h4-5,7,10-12,17H,6,8-9H2,1-3H3. The molecule has 0 amide bonds. The van der Waals surface area contributed by atoms with Gasteiger partial charge in [0.25, 0.3) is 0 Å². The number of aromatic nitrogens is 1. The Hall–Kier alpha value is -1.09. The summed E-state index contributed by atoms with van der Waals surface area (Å²) >= 11 is 0. The zero-order chi connectivity index (χ0) is 12.4. The number of pyridine rings is 1. The van der Waals surface area contributed by atoms with Crippen LogP contribution < -0.4 is 4.90 Å². The van der Waals surface area contributed by atoms with Gasteiger partial charge in [-0.25, -0.2) is 0 Å². The van der Waals surface area contributed by atoms with Gasteiger partial charge in [0.05, 0.1) is 18.5 Å². The van der Waals surface area contributed by atoms with Crippen LogP contribution in [0.2, 0.25) is 0 Å². The molecule has 1 N–H and O–H groups in total. The highest BCUT2D eigenvalue weighted by Crippen LogP contribution is 2.32. The Kier molecular flexibility index (Phi) is 3.67. The summed E-state index contributed by atoms with van der Waals surface area (Å²) < 4.78 is 0. The normalized spacial score (nSPS) is 29.4. The lowest BCUT2D eigenvalue weighted by Crippen LogP contribution is -2.46. The number of anilines is 1. The van der Waals surface area contributed by atoms with Crippen molar-refractivity contribution in [1.29, 1.82) is 0 Å². The van der Waals surface area contributed by atoms with Crippen LogP contribution in [0.25, 0.3) is 0 Å². The smallest absolute Gasteiger partial charge is 0.0703 e. The van der Waals surface area contributed by atoms with E-state index in [-0.39, 0.29) is 6.61 Å². The van der Waals surface area contributed by atoms with Gasteiger partial charge < -0.3 is 10.0 Å². The van der Waals surface area contributed by atoms with E-state index in [1.807, 2.05) is 12.3 Å². The number of aliphatic hydroxyl groups is 1. The van der Waals surface area contributed by atoms with Crippen LogP contribution in [0, 0.1) is 11.8 Å². The molecule has 0 aliphatic carbocycles. The molecule has 0 radical (unpaired) electrons. The Balaban J connectivity index is 2.31. The van der Waals surface area contributed by atoms with Gasteiger partial charge in [0.15, 0.2) is 0 Å². The van der Waals surface area contributed by atoms with Gasteiger partial charge in [0.2, 0.25) is 0 Å². The third-order valence-corrected chi connectivity index (χ3v) is 3.97. The van der Waals surface area contributed by atoms with Crippen molar-refractivity contribution in [3.8, 4) is 0 Å². The first kappa shape index (κ1) is 12.4. The second kappa shape index (κ2) is 5.05. The molecule has 2 heterocycles. The fourth-order valence-electron chi connectivity index (χ4n) is 2.84. The fraction of sp³-hybridized carbons (Fsp3) is 0.643. The highest BCUT2D eigenvalue weighted by Gasteiger charge is 2.29. The van der Waals surface area contributed by atoms with Crippen LogP contribution >= 0.6 is 0 Å². The summed E-state index contributed by atoms with van der Waals surface area (Å²) in [5.74, 6) is 1.39. The highest BCUT2D eigenvalue weighted by atomic mass is 16.3. The van der Waals surface area contributed by atoms with Crippen molar-refractivity contribution in [2.24, 2.45) is 11.8 Å². The maximum absolute atomic E-state index is 9.41. The third kappa shape index (κ3) is 2.44. The first-order valence-electron chi connectivity index (χ1n) is 6.44. The van der Waals surface area contributed by atoms with Crippen molar-refractivity contribution in [3.05, 3.63) is 24.0 Å². The van der Waals surface area contributed by atoms with Gasteiger partial charge in [0.1, 0.15) is 0 Å². The Morgan fingerprint density at radius 3 is 2.88 bits per heavy atom. The molecular formula is C14H22N2O. The average Bonchev–Trinajstić information content (AvgIpc) is 2.33. The molecule has 0 spiro atoms. The maximum atomic E-state index is 9.41. The lowest BCUT2D eigenvalue weighted by molar-refractivity contribution is 0.275. The molecule has 3 unspecified atom stereocenters. The van der Waals surface area contributed by atoms with Crippen LogP contribution in [0.5, 0.6) is 0 Å². The summed E-state index contributed by atoms with van der Waals surface area (Å²) in [4.78, 5) is 6.60. The number of hydrogen-bond donors (Lipinski definition) is 1. The predicted octanol–water partition coefficient (Wildman–Crippen LogP) is 2.44. The minimum absolute atomic E-state index is 0.0871. The fourth-order valence-corrected chi connectivity index (χ4v) is 2.84. The monoisotopic (exact) mass is 234 g/mol. The van der Waals surface area contributed by atoms with E-state index in [2.05, 4.69) is 30.7 Å². The molecule has 3 atom stereocenters. The summed E-state index contributed by atoms with van der Waals surface area (Å²) in [6.07, 6.45) is 4.91. The van der Waals surface area contributed by atoms with Gasteiger partial charge in [-0.2, -0.15) is 0 Å². The number of aliphatic hydroxyl groups excluding tert-OH is 1. The van der Waals surface area contributed by atoms with Crippen LogP contribution in [-0.2, 0) is 6.61 Å². The zero-order valence-electron chi connectivity index (χ0n) is 10.9. The molecule has 0 bridgehead atoms. The Morgan fingerprint density at radius 1 is 1.41 bits per heavy atom. The van der Waals surface area contributed by atoms with E-state index in [9.17, 15) is 5.11 Å². The second-order valence-electron chi connectivity index (χ2n) is 5.37. The third-order valence-electron chi connectivity index (χ3n) is 3.97.